The van der Waals surface area contributed by atoms with Gasteiger partial charge in [0.25, 0.3) is 0 Å². The Morgan fingerprint density at radius 2 is 2.21 bits per heavy atom. The number of amidine groups is 1. The van der Waals surface area contributed by atoms with Gasteiger partial charge in [-0.1, -0.05) is 17.3 Å². The molecular formula is C13H19N3O3. The van der Waals surface area contributed by atoms with Gasteiger partial charge >= 0.3 is 0 Å². The lowest BCUT2D eigenvalue weighted by molar-refractivity contribution is -0.130. The monoisotopic (exact) mass is 265 g/mol. The lowest BCUT2D eigenvalue weighted by Crippen LogP contribution is -2.38. The van der Waals surface area contributed by atoms with Crippen molar-refractivity contribution in [1.82, 2.24) is 4.90 Å². The highest BCUT2D eigenvalue weighted by molar-refractivity contribution is 5.82. The first kappa shape index (κ1) is 14.8. The van der Waals surface area contributed by atoms with E-state index in [0.29, 0.717) is 6.42 Å². The van der Waals surface area contributed by atoms with Crippen LogP contribution in [0.5, 0.6) is 5.75 Å². The molecule has 1 unspecified atom stereocenters. The quantitative estimate of drug-likeness (QED) is 0.319. The zero-order valence-electron chi connectivity index (χ0n) is 11.1. The van der Waals surface area contributed by atoms with Crippen molar-refractivity contribution >= 4 is 11.7 Å². The van der Waals surface area contributed by atoms with Crippen molar-refractivity contribution in [3.63, 3.8) is 0 Å². The number of carbonyl (C=O) groups is 1. The van der Waals surface area contributed by atoms with Crippen molar-refractivity contribution in [3.8, 4) is 5.75 Å². The minimum Gasteiger partial charge on any atom is -0.508 e. The number of carbonyl (C=O) groups excluding carboxylic acids is 1. The number of nitrogens with zero attached hydrogens (tertiary/aromatic N) is 2. The van der Waals surface area contributed by atoms with Crippen LogP contribution in [0.3, 0.4) is 0 Å². The van der Waals surface area contributed by atoms with Gasteiger partial charge in [0.2, 0.25) is 5.91 Å². The maximum Gasteiger partial charge on any atom is 0.226 e. The lowest BCUT2D eigenvalue weighted by atomic mass is 10.1. The van der Waals surface area contributed by atoms with Gasteiger partial charge in [-0.05, 0) is 24.6 Å². The number of likely N-dealkylation sites (N-methyl/N-ethyl adjacent to an activating group) is 1. The molecule has 0 bridgehead atoms. The summed E-state index contributed by atoms with van der Waals surface area (Å²) in [5.74, 6) is 0.131. The topological polar surface area (TPSA) is 99.2 Å². The van der Waals surface area contributed by atoms with Crippen LogP contribution in [0.2, 0.25) is 0 Å². The van der Waals surface area contributed by atoms with Crippen LogP contribution in [-0.4, -0.2) is 40.0 Å². The summed E-state index contributed by atoms with van der Waals surface area (Å²) in [4.78, 5) is 13.6. The number of phenols is 1. The molecule has 0 aliphatic heterocycles. The highest BCUT2D eigenvalue weighted by atomic mass is 16.4. The first-order chi connectivity index (χ1) is 8.93. The van der Waals surface area contributed by atoms with Crippen molar-refractivity contribution in [2.75, 3.05) is 7.05 Å². The number of benzene rings is 1. The summed E-state index contributed by atoms with van der Waals surface area (Å²) < 4.78 is 0. The smallest absolute Gasteiger partial charge is 0.226 e. The summed E-state index contributed by atoms with van der Waals surface area (Å²) in [6.07, 6.45) is 0.504. The molecule has 104 valence electrons. The van der Waals surface area contributed by atoms with Crippen molar-refractivity contribution in [2.45, 2.75) is 25.8 Å². The molecule has 1 aromatic carbocycles. The van der Waals surface area contributed by atoms with E-state index in [1.807, 2.05) is 6.92 Å². The predicted octanol–water partition coefficient (Wildman–Crippen LogP) is 0.918. The van der Waals surface area contributed by atoms with Crippen molar-refractivity contribution in [2.24, 2.45) is 10.9 Å². The average Bonchev–Trinajstić information content (AvgIpc) is 2.37. The van der Waals surface area contributed by atoms with Gasteiger partial charge in [0, 0.05) is 19.5 Å². The van der Waals surface area contributed by atoms with Crippen molar-refractivity contribution in [3.05, 3.63) is 29.8 Å². The van der Waals surface area contributed by atoms with Gasteiger partial charge in [-0.25, -0.2) is 0 Å². The Hall–Kier alpha value is -2.24. The van der Waals surface area contributed by atoms with Gasteiger partial charge in [0.1, 0.15) is 11.6 Å². The van der Waals surface area contributed by atoms with Gasteiger partial charge in [0.15, 0.2) is 0 Å². The predicted molar refractivity (Wildman–Crippen MR) is 72.1 cm³/mol. The molecule has 0 radical (unpaired) electrons. The summed E-state index contributed by atoms with van der Waals surface area (Å²) in [5.41, 5.74) is 6.16. The molecule has 0 saturated heterocycles. The summed E-state index contributed by atoms with van der Waals surface area (Å²) >= 11 is 0. The second kappa shape index (κ2) is 6.63. The fourth-order valence-electron chi connectivity index (χ4n) is 1.69. The first-order valence-electron chi connectivity index (χ1n) is 5.94. The van der Waals surface area contributed by atoms with Crippen LogP contribution < -0.4 is 5.73 Å². The molecule has 6 heteroatoms. The van der Waals surface area contributed by atoms with E-state index in [2.05, 4.69) is 5.16 Å². The Kier molecular flexibility index (Phi) is 5.17. The number of hydrogen-bond acceptors (Lipinski definition) is 4. The van der Waals surface area contributed by atoms with Crippen LogP contribution in [0.15, 0.2) is 29.4 Å². The summed E-state index contributed by atoms with van der Waals surface area (Å²) in [6.45, 7) is 1.82. The van der Waals surface area contributed by atoms with Crippen LogP contribution >= 0.6 is 0 Å². The molecule has 0 spiro atoms. The van der Waals surface area contributed by atoms with Crippen LogP contribution in [0.25, 0.3) is 0 Å². The van der Waals surface area contributed by atoms with Crippen molar-refractivity contribution in [1.29, 1.82) is 0 Å². The van der Waals surface area contributed by atoms with E-state index in [1.165, 1.54) is 0 Å². The third-order valence-corrected chi connectivity index (χ3v) is 2.95. The van der Waals surface area contributed by atoms with Crippen LogP contribution in [-0.2, 0) is 11.2 Å². The zero-order valence-corrected chi connectivity index (χ0v) is 11.1. The number of oxime groups is 1. The number of phenolic OH excluding ortho intramolecular Hbond substituents is 1. The number of rotatable bonds is 5. The van der Waals surface area contributed by atoms with Gasteiger partial charge in [-0.15, -0.1) is 0 Å². The second-order valence-corrected chi connectivity index (χ2v) is 4.50. The first-order valence-corrected chi connectivity index (χ1v) is 5.94. The third-order valence-electron chi connectivity index (χ3n) is 2.95. The second-order valence-electron chi connectivity index (χ2n) is 4.50. The Morgan fingerprint density at radius 3 is 2.79 bits per heavy atom. The minimum atomic E-state index is -0.166. The number of hydrogen-bond donors (Lipinski definition) is 3. The number of amides is 1. The molecule has 0 saturated carbocycles. The molecule has 6 nitrogen and oxygen atoms in total. The molecular weight excluding hydrogens is 246 g/mol. The summed E-state index contributed by atoms with van der Waals surface area (Å²) in [7, 11) is 1.67. The SMILES string of the molecule is CC(CC(N)=NO)N(C)C(=O)Cc1cccc(O)c1. The number of nitrogens with two attached hydrogens (primary N) is 1. The third kappa shape index (κ3) is 4.50. The van der Waals surface area contributed by atoms with E-state index in [1.54, 1.807) is 36.2 Å². The molecule has 0 aromatic heterocycles. The Morgan fingerprint density at radius 1 is 1.53 bits per heavy atom. The molecule has 0 heterocycles. The van der Waals surface area contributed by atoms with E-state index in [9.17, 15) is 9.90 Å². The van der Waals surface area contributed by atoms with Crippen molar-refractivity contribution < 1.29 is 15.1 Å². The molecule has 1 amide bonds. The molecule has 1 rings (SSSR count). The van der Waals surface area contributed by atoms with E-state index in [0.717, 1.165) is 5.56 Å². The standard InChI is InChI=1S/C13H19N3O3/c1-9(6-12(14)15-19)16(2)13(18)8-10-4-3-5-11(17)7-10/h3-5,7,9,17,19H,6,8H2,1-2H3,(H2,14,15). The normalized spacial score (nSPS) is 13.1. The van der Waals surface area contributed by atoms with Gasteiger partial charge in [0.05, 0.1) is 6.42 Å². The largest absolute Gasteiger partial charge is 0.508 e. The highest BCUT2D eigenvalue weighted by Gasteiger charge is 2.17. The van der Waals surface area contributed by atoms with E-state index < -0.39 is 0 Å². The summed E-state index contributed by atoms with van der Waals surface area (Å²) in [6, 6.07) is 6.41. The number of aromatic hydroxyl groups is 1. The molecule has 0 aliphatic rings. The van der Waals surface area contributed by atoms with Crippen LogP contribution in [0.4, 0.5) is 0 Å². The fraction of sp³-hybridized carbons (Fsp3) is 0.385. The van der Waals surface area contributed by atoms with Crippen LogP contribution in [0, 0.1) is 0 Å². The maximum absolute atomic E-state index is 12.0. The summed E-state index contributed by atoms with van der Waals surface area (Å²) in [5, 5.41) is 20.7. The van der Waals surface area contributed by atoms with E-state index >= 15 is 0 Å². The Labute approximate surface area is 112 Å². The van der Waals surface area contributed by atoms with E-state index in [4.69, 9.17) is 10.9 Å². The minimum absolute atomic E-state index is 0.0875. The van der Waals surface area contributed by atoms with E-state index in [-0.39, 0.29) is 30.0 Å². The molecule has 0 aliphatic carbocycles. The highest BCUT2D eigenvalue weighted by Crippen LogP contribution is 2.13. The lowest BCUT2D eigenvalue weighted by Gasteiger charge is -2.24. The Bertz CT molecular complexity index is 474. The van der Waals surface area contributed by atoms with Gasteiger partial charge in [-0.2, -0.15) is 0 Å². The molecule has 1 aromatic rings. The molecule has 4 N–H and O–H groups in total. The maximum atomic E-state index is 12.0. The molecule has 1 atom stereocenters. The van der Waals surface area contributed by atoms with Crippen LogP contribution in [0.1, 0.15) is 18.9 Å². The molecule has 0 fully saturated rings. The Balaban J connectivity index is 2.62. The fourth-order valence-corrected chi connectivity index (χ4v) is 1.69. The van der Waals surface area contributed by atoms with Gasteiger partial charge in [-0.3, -0.25) is 4.79 Å². The van der Waals surface area contributed by atoms with Gasteiger partial charge < -0.3 is 20.9 Å². The average molecular weight is 265 g/mol. The zero-order chi connectivity index (χ0) is 14.4. The molecule has 19 heavy (non-hydrogen) atoms.